The van der Waals surface area contributed by atoms with Crippen LogP contribution in [0.3, 0.4) is 0 Å². The van der Waals surface area contributed by atoms with Crippen LogP contribution in [-0.2, 0) is 15.3 Å². The molecule has 2 heterocycles. The number of hydrogen-bond donors (Lipinski definition) is 1. The van der Waals surface area contributed by atoms with Crippen molar-refractivity contribution in [2.75, 3.05) is 6.54 Å². The van der Waals surface area contributed by atoms with Gasteiger partial charge in [-0.1, -0.05) is 0 Å². The summed E-state index contributed by atoms with van der Waals surface area (Å²) in [5.41, 5.74) is 5.06. The van der Waals surface area contributed by atoms with Gasteiger partial charge in [0.15, 0.2) is 0 Å². The number of primary amides is 1. The molecule has 2 amide bonds. The third-order valence-electron chi connectivity index (χ3n) is 2.34. The van der Waals surface area contributed by atoms with Crippen molar-refractivity contribution in [3.8, 4) is 0 Å². The molecular weight excluding hydrogens is 228 g/mol. The van der Waals surface area contributed by atoms with Gasteiger partial charge in [0.25, 0.3) is 0 Å². The monoisotopic (exact) mass is 240 g/mol. The number of β-lactam (4-membered cyclic amide) rings is 1. The fraction of sp³-hybridized carbons (Fsp3) is 0.400. The molecule has 2 rings (SSSR count). The van der Waals surface area contributed by atoms with E-state index in [-0.39, 0.29) is 17.8 Å². The zero-order valence-corrected chi connectivity index (χ0v) is 9.40. The predicted octanol–water partition coefficient (Wildman–Crippen LogP) is 0.556. The summed E-state index contributed by atoms with van der Waals surface area (Å²) in [7, 11) is 0. The van der Waals surface area contributed by atoms with E-state index in [1.165, 1.54) is 4.90 Å². The molecule has 1 atom stereocenters. The van der Waals surface area contributed by atoms with E-state index in [0.717, 1.165) is 5.76 Å². The highest BCUT2D eigenvalue weighted by Crippen LogP contribution is 2.31. The lowest BCUT2D eigenvalue weighted by atomic mass is 10.2. The molecule has 0 radical (unpaired) electrons. The fourth-order valence-electron chi connectivity index (χ4n) is 1.50. The molecule has 5 nitrogen and oxygen atoms in total. The summed E-state index contributed by atoms with van der Waals surface area (Å²) in [6.07, 6.45) is 2.08. The van der Waals surface area contributed by atoms with Crippen LogP contribution in [0, 0.1) is 0 Å². The molecule has 6 heteroatoms. The number of likely N-dealkylation sites (tertiary alicyclic amines) is 1. The average Bonchev–Trinajstić information content (AvgIpc) is 2.73. The van der Waals surface area contributed by atoms with Gasteiger partial charge in [-0.2, -0.15) is 0 Å². The molecule has 1 saturated heterocycles. The summed E-state index contributed by atoms with van der Waals surface area (Å²) in [6.45, 7) is 0.00859. The molecule has 0 bridgehead atoms. The summed E-state index contributed by atoms with van der Waals surface area (Å²) >= 11 is 1.58. The van der Waals surface area contributed by atoms with Gasteiger partial charge in [-0.3, -0.25) is 9.59 Å². The molecule has 0 saturated carbocycles. The maximum absolute atomic E-state index is 11.2. The number of nitrogens with zero attached hydrogens (tertiary/aromatic N) is 1. The second-order valence-corrected chi connectivity index (χ2v) is 4.70. The maximum Gasteiger partial charge on any atom is 0.237 e. The normalized spacial score (nSPS) is 19.6. The number of furan rings is 1. The zero-order chi connectivity index (χ0) is 11.5. The van der Waals surface area contributed by atoms with Crippen molar-refractivity contribution < 1.29 is 14.0 Å². The van der Waals surface area contributed by atoms with Crippen LogP contribution in [-0.4, -0.2) is 28.6 Å². The van der Waals surface area contributed by atoms with Crippen LogP contribution in [0.25, 0.3) is 0 Å². The molecule has 1 aliphatic heterocycles. The van der Waals surface area contributed by atoms with Gasteiger partial charge in [0.2, 0.25) is 11.8 Å². The Bertz CT molecular complexity index is 391. The van der Waals surface area contributed by atoms with E-state index in [1.54, 1.807) is 18.0 Å². The molecule has 1 aromatic heterocycles. The molecule has 86 valence electrons. The highest BCUT2D eigenvalue weighted by molar-refractivity contribution is 7.99. The fourth-order valence-corrected chi connectivity index (χ4v) is 2.66. The van der Waals surface area contributed by atoms with E-state index in [9.17, 15) is 9.59 Å². The molecule has 0 spiro atoms. The first kappa shape index (κ1) is 11.1. The van der Waals surface area contributed by atoms with Crippen molar-refractivity contribution >= 4 is 23.6 Å². The van der Waals surface area contributed by atoms with Crippen molar-refractivity contribution in [2.45, 2.75) is 17.5 Å². The van der Waals surface area contributed by atoms with Crippen LogP contribution >= 0.6 is 11.8 Å². The van der Waals surface area contributed by atoms with Gasteiger partial charge in [-0.05, 0) is 12.1 Å². The maximum atomic E-state index is 11.2. The van der Waals surface area contributed by atoms with E-state index in [1.807, 2.05) is 12.1 Å². The molecule has 2 N–H and O–H groups in total. The number of rotatable bonds is 5. The van der Waals surface area contributed by atoms with Gasteiger partial charge in [0.1, 0.15) is 12.3 Å². The number of hydrogen-bond acceptors (Lipinski definition) is 4. The topological polar surface area (TPSA) is 76.5 Å². The van der Waals surface area contributed by atoms with Crippen LogP contribution in [0.1, 0.15) is 12.2 Å². The Kier molecular flexibility index (Phi) is 3.19. The third-order valence-corrected chi connectivity index (χ3v) is 3.60. The van der Waals surface area contributed by atoms with E-state index in [4.69, 9.17) is 10.2 Å². The lowest BCUT2D eigenvalue weighted by molar-refractivity contribution is -0.144. The first-order chi connectivity index (χ1) is 7.66. The van der Waals surface area contributed by atoms with Crippen LogP contribution in [0.15, 0.2) is 22.8 Å². The highest BCUT2D eigenvalue weighted by atomic mass is 32.2. The predicted molar refractivity (Wildman–Crippen MR) is 59.3 cm³/mol. The smallest absolute Gasteiger partial charge is 0.237 e. The first-order valence-corrected chi connectivity index (χ1v) is 5.93. The molecule has 0 aromatic carbocycles. The molecule has 1 aromatic rings. The number of amides is 2. The number of carbonyl (C=O) groups is 2. The molecule has 1 aliphatic rings. The Morgan fingerprint density at radius 3 is 3.06 bits per heavy atom. The minimum atomic E-state index is -0.475. The summed E-state index contributed by atoms with van der Waals surface area (Å²) in [5, 5.41) is 0.0464. The van der Waals surface area contributed by atoms with Gasteiger partial charge in [-0.25, -0.2) is 0 Å². The zero-order valence-electron chi connectivity index (χ0n) is 8.59. The lowest BCUT2D eigenvalue weighted by Gasteiger charge is -2.38. The van der Waals surface area contributed by atoms with E-state index in [2.05, 4.69) is 0 Å². The van der Waals surface area contributed by atoms with Crippen LogP contribution in [0.2, 0.25) is 0 Å². The molecule has 1 unspecified atom stereocenters. The van der Waals surface area contributed by atoms with Crippen molar-refractivity contribution in [3.63, 3.8) is 0 Å². The number of nitrogens with two attached hydrogens (primary N) is 1. The van der Waals surface area contributed by atoms with Gasteiger partial charge in [0, 0.05) is 0 Å². The quantitative estimate of drug-likeness (QED) is 0.763. The average molecular weight is 240 g/mol. The minimum Gasteiger partial charge on any atom is -0.468 e. The van der Waals surface area contributed by atoms with E-state index < -0.39 is 5.91 Å². The van der Waals surface area contributed by atoms with Crippen molar-refractivity contribution in [1.29, 1.82) is 0 Å². The van der Waals surface area contributed by atoms with Gasteiger partial charge < -0.3 is 15.1 Å². The summed E-state index contributed by atoms with van der Waals surface area (Å²) < 4.78 is 5.18. The minimum absolute atomic E-state index is 0.00859. The van der Waals surface area contributed by atoms with Gasteiger partial charge in [0.05, 0.1) is 23.8 Å². The lowest BCUT2D eigenvalue weighted by Crippen LogP contribution is -2.53. The Labute approximate surface area is 97.0 Å². The summed E-state index contributed by atoms with van der Waals surface area (Å²) in [4.78, 5) is 23.4. The van der Waals surface area contributed by atoms with Crippen molar-refractivity contribution in [1.82, 2.24) is 4.90 Å². The standard InChI is InChI=1S/C10H12N2O3S/c11-8(13)5-12-9(14)4-10(12)16-6-7-2-1-3-15-7/h1-3,10H,4-6H2,(H2,11,13). The second-order valence-electron chi connectivity index (χ2n) is 3.54. The largest absolute Gasteiger partial charge is 0.468 e. The van der Waals surface area contributed by atoms with Gasteiger partial charge in [-0.15, -0.1) is 11.8 Å². The highest BCUT2D eigenvalue weighted by Gasteiger charge is 2.37. The van der Waals surface area contributed by atoms with Crippen LogP contribution < -0.4 is 5.73 Å². The summed E-state index contributed by atoms with van der Waals surface area (Å²) in [6, 6.07) is 3.70. The SMILES string of the molecule is NC(=O)CN1C(=O)CC1SCc1ccco1. The second kappa shape index (κ2) is 4.61. The molecule has 1 fully saturated rings. The van der Waals surface area contributed by atoms with Crippen LogP contribution in [0.5, 0.6) is 0 Å². The number of carbonyl (C=O) groups excluding carboxylic acids is 2. The first-order valence-electron chi connectivity index (χ1n) is 4.88. The number of thioether (sulfide) groups is 1. The Balaban J connectivity index is 1.82. The van der Waals surface area contributed by atoms with Crippen molar-refractivity contribution in [2.24, 2.45) is 5.73 Å². The Morgan fingerprint density at radius 2 is 2.50 bits per heavy atom. The van der Waals surface area contributed by atoms with Crippen molar-refractivity contribution in [3.05, 3.63) is 24.2 Å². The van der Waals surface area contributed by atoms with E-state index >= 15 is 0 Å². The molecular formula is C10H12N2O3S. The molecule has 0 aliphatic carbocycles. The van der Waals surface area contributed by atoms with E-state index in [0.29, 0.717) is 12.2 Å². The summed E-state index contributed by atoms with van der Waals surface area (Å²) in [5.74, 6) is 1.07. The third kappa shape index (κ3) is 2.38. The Morgan fingerprint density at radius 1 is 1.69 bits per heavy atom. The Hall–Kier alpha value is -1.43. The van der Waals surface area contributed by atoms with Crippen LogP contribution in [0.4, 0.5) is 0 Å². The molecule has 16 heavy (non-hydrogen) atoms. The van der Waals surface area contributed by atoms with Gasteiger partial charge >= 0.3 is 0 Å².